The molecule has 0 aliphatic carbocycles. The second-order valence-electron chi connectivity index (χ2n) is 5.84. The van der Waals surface area contributed by atoms with E-state index in [-0.39, 0.29) is 5.91 Å². The third-order valence-electron chi connectivity index (χ3n) is 4.12. The molecule has 0 aliphatic heterocycles. The molecule has 0 bridgehead atoms. The highest BCUT2D eigenvalue weighted by Crippen LogP contribution is 2.23. The number of methoxy groups -OCH3 is 1. The number of nitrogens with two attached hydrogens (primary N) is 1. The molecule has 3 rings (SSSR count). The van der Waals surface area contributed by atoms with Gasteiger partial charge < -0.3 is 15.8 Å². The van der Waals surface area contributed by atoms with Crippen molar-refractivity contribution in [2.75, 3.05) is 18.2 Å². The van der Waals surface area contributed by atoms with Crippen molar-refractivity contribution in [3.05, 3.63) is 77.5 Å². The van der Waals surface area contributed by atoms with Crippen molar-refractivity contribution in [2.45, 2.75) is 6.92 Å². The molecule has 0 spiro atoms. The number of amides is 1. The summed E-state index contributed by atoms with van der Waals surface area (Å²) in [7, 11) is 1.58. The Balaban J connectivity index is 1.87. The van der Waals surface area contributed by atoms with E-state index in [0.29, 0.717) is 28.5 Å². The molecule has 3 N–H and O–H groups in total. The van der Waals surface area contributed by atoms with Gasteiger partial charge in [0.1, 0.15) is 17.3 Å². The maximum absolute atomic E-state index is 12.7. The van der Waals surface area contributed by atoms with Crippen LogP contribution in [0.25, 0.3) is 0 Å². The predicted octanol–water partition coefficient (Wildman–Crippen LogP) is 3.98. The van der Waals surface area contributed by atoms with Gasteiger partial charge in [0.2, 0.25) is 0 Å². The molecule has 6 nitrogen and oxygen atoms in total. The first-order chi connectivity index (χ1) is 13.1. The van der Waals surface area contributed by atoms with Gasteiger partial charge in [0.05, 0.1) is 7.11 Å². The predicted molar refractivity (Wildman–Crippen MR) is 108 cm³/mol. The van der Waals surface area contributed by atoms with Gasteiger partial charge in [-0.15, -0.1) is 0 Å². The molecule has 0 atom stereocenters. The number of para-hydroxylation sites is 1. The fraction of sp³-hybridized carbons (Fsp3) is 0.0952. The lowest BCUT2D eigenvalue weighted by Gasteiger charge is -2.12. The normalized spacial score (nSPS) is 10.7. The third-order valence-corrected chi connectivity index (χ3v) is 4.12. The van der Waals surface area contributed by atoms with Crippen molar-refractivity contribution in [1.82, 2.24) is 4.98 Å². The van der Waals surface area contributed by atoms with Crippen LogP contribution >= 0.6 is 0 Å². The van der Waals surface area contributed by atoms with Gasteiger partial charge in [-0.25, -0.2) is 4.98 Å². The summed E-state index contributed by atoms with van der Waals surface area (Å²) in [6, 6.07) is 16.3. The fourth-order valence-corrected chi connectivity index (χ4v) is 2.65. The molecular formula is C21H20N4O2. The van der Waals surface area contributed by atoms with E-state index < -0.39 is 0 Å². The number of nitrogen functional groups attached to an aromatic ring is 1. The molecule has 27 heavy (non-hydrogen) atoms. The molecule has 6 heteroatoms. The average Bonchev–Trinajstić information content (AvgIpc) is 2.68. The minimum atomic E-state index is -0.215. The molecule has 3 aromatic rings. The van der Waals surface area contributed by atoms with E-state index in [1.54, 1.807) is 43.8 Å². The van der Waals surface area contributed by atoms with E-state index in [4.69, 9.17) is 10.5 Å². The Morgan fingerprint density at radius 3 is 2.74 bits per heavy atom. The SMILES string of the molecule is COc1cccc(C(=O)Nc2ccccc2C=Nc2cccnc2N)c1C. The number of aromatic nitrogens is 1. The summed E-state index contributed by atoms with van der Waals surface area (Å²) in [5, 5.41) is 2.94. The van der Waals surface area contributed by atoms with Gasteiger partial charge in [-0.05, 0) is 37.3 Å². The molecule has 0 unspecified atom stereocenters. The number of hydrogen-bond acceptors (Lipinski definition) is 5. The summed E-state index contributed by atoms with van der Waals surface area (Å²) in [5.74, 6) is 0.806. The first kappa shape index (κ1) is 18.1. The number of nitrogens with one attached hydrogen (secondary N) is 1. The molecule has 1 heterocycles. The number of nitrogens with zero attached hydrogens (tertiary/aromatic N) is 2. The van der Waals surface area contributed by atoms with Crippen LogP contribution < -0.4 is 15.8 Å². The minimum absolute atomic E-state index is 0.215. The maximum atomic E-state index is 12.7. The van der Waals surface area contributed by atoms with Crippen LogP contribution in [0.3, 0.4) is 0 Å². The quantitative estimate of drug-likeness (QED) is 0.673. The summed E-state index contributed by atoms with van der Waals surface area (Å²) in [6.45, 7) is 1.85. The largest absolute Gasteiger partial charge is 0.496 e. The summed E-state index contributed by atoms with van der Waals surface area (Å²) in [5.41, 5.74) is 9.13. The van der Waals surface area contributed by atoms with Crippen molar-refractivity contribution < 1.29 is 9.53 Å². The van der Waals surface area contributed by atoms with Crippen molar-refractivity contribution >= 4 is 29.3 Å². The zero-order chi connectivity index (χ0) is 19.2. The molecule has 136 valence electrons. The fourth-order valence-electron chi connectivity index (χ4n) is 2.65. The van der Waals surface area contributed by atoms with Crippen LogP contribution in [-0.2, 0) is 0 Å². The maximum Gasteiger partial charge on any atom is 0.256 e. The Morgan fingerprint density at radius 1 is 1.15 bits per heavy atom. The van der Waals surface area contributed by atoms with Crippen LogP contribution in [0.15, 0.2) is 65.8 Å². The van der Waals surface area contributed by atoms with Gasteiger partial charge in [-0.3, -0.25) is 9.79 Å². The van der Waals surface area contributed by atoms with Gasteiger partial charge in [-0.2, -0.15) is 0 Å². The Labute approximate surface area is 157 Å². The molecule has 0 saturated carbocycles. The van der Waals surface area contributed by atoms with Crippen LogP contribution in [0.1, 0.15) is 21.5 Å². The number of ether oxygens (including phenoxy) is 1. The highest BCUT2D eigenvalue weighted by molar-refractivity contribution is 6.08. The second kappa shape index (κ2) is 8.14. The molecule has 1 amide bonds. The number of carbonyl (C=O) groups is 1. The van der Waals surface area contributed by atoms with Crippen molar-refractivity contribution in [3.8, 4) is 5.75 Å². The molecule has 1 aromatic heterocycles. The highest BCUT2D eigenvalue weighted by Gasteiger charge is 2.13. The molecule has 0 saturated heterocycles. The van der Waals surface area contributed by atoms with Crippen LogP contribution in [0, 0.1) is 6.92 Å². The third kappa shape index (κ3) is 4.12. The Bertz CT molecular complexity index is 999. The molecule has 0 radical (unpaired) electrons. The van der Waals surface area contributed by atoms with Gasteiger partial charge in [0.15, 0.2) is 0 Å². The number of benzene rings is 2. The van der Waals surface area contributed by atoms with Crippen molar-refractivity contribution in [1.29, 1.82) is 0 Å². The van der Waals surface area contributed by atoms with E-state index in [1.165, 1.54) is 0 Å². The van der Waals surface area contributed by atoms with E-state index in [1.807, 2.05) is 37.3 Å². The molecule has 0 fully saturated rings. The van der Waals surface area contributed by atoms with Crippen molar-refractivity contribution in [2.24, 2.45) is 4.99 Å². The number of pyridine rings is 1. The van der Waals surface area contributed by atoms with Crippen LogP contribution in [0.2, 0.25) is 0 Å². The lowest BCUT2D eigenvalue weighted by molar-refractivity contribution is 0.102. The number of aliphatic imine (C=N–C) groups is 1. The monoisotopic (exact) mass is 360 g/mol. The topological polar surface area (TPSA) is 89.6 Å². The van der Waals surface area contributed by atoms with Crippen LogP contribution in [0.5, 0.6) is 5.75 Å². The van der Waals surface area contributed by atoms with Gasteiger partial charge in [0, 0.05) is 34.8 Å². The smallest absolute Gasteiger partial charge is 0.256 e. The van der Waals surface area contributed by atoms with E-state index in [9.17, 15) is 4.79 Å². The lowest BCUT2D eigenvalue weighted by atomic mass is 10.1. The first-order valence-electron chi connectivity index (χ1n) is 8.38. The van der Waals surface area contributed by atoms with E-state index >= 15 is 0 Å². The van der Waals surface area contributed by atoms with E-state index in [2.05, 4.69) is 15.3 Å². The summed E-state index contributed by atoms with van der Waals surface area (Å²) < 4.78 is 5.29. The average molecular weight is 360 g/mol. The van der Waals surface area contributed by atoms with E-state index in [0.717, 1.165) is 11.1 Å². The molecule has 2 aromatic carbocycles. The Hall–Kier alpha value is -3.67. The summed E-state index contributed by atoms with van der Waals surface area (Å²) in [4.78, 5) is 21.1. The van der Waals surface area contributed by atoms with Crippen molar-refractivity contribution in [3.63, 3.8) is 0 Å². The Morgan fingerprint density at radius 2 is 1.96 bits per heavy atom. The first-order valence-corrected chi connectivity index (χ1v) is 8.38. The highest BCUT2D eigenvalue weighted by atomic mass is 16.5. The van der Waals surface area contributed by atoms with Gasteiger partial charge in [0.25, 0.3) is 5.91 Å². The lowest BCUT2D eigenvalue weighted by Crippen LogP contribution is -2.15. The zero-order valence-corrected chi connectivity index (χ0v) is 15.1. The zero-order valence-electron chi connectivity index (χ0n) is 15.1. The minimum Gasteiger partial charge on any atom is -0.496 e. The van der Waals surface area contributed by atoms with Crippen LogP contribution in [-0.4, -0.2) is 24.2 Å². The van der Waals surface area contributed by atoms with Gasteiger partial charge >= 0.3 is 0 Å². The number of anilines is 2. The number of hydrogen-bond donors (Lipinski definition) is 2. The standard InChI is InChI=1S/C21H20N4O2/c1-14-16(8-5-11-19(14)27-2)21(26)25-17-9-4-3-7-15(17)13-24-18-10-6-12-23-20(18)22/h3-13H,1-2H3,(H2,22,23)(H,25,26). The second-order valence-corrected chi connectivity index (χ2v) is 5.84. The number of rotatable bonds is 5. The summed E-state index contributed by atoms with van der Waals surface area (Å²) in [6.07, 6.45) is 3.26. The van der Waals surface area contributed by atoms with Gasteiger partial charge in [-0.1, -0.05) is 24.3 Å². The molecule has 0 aliphatic rings. The Kier molecular flexibility index (Phi) is 5.47. The number of carbonyl (C=O) groups excluding carboxylic acids is 1. The van der Waals surface area contributed by atoms with Crippen LogP contribution in [0.4, 0.5) is 17.2 Å². The molecular weight excluding hydrogens is 340 g/mol. The summed E-state index contributed by atoms with van der Waals surface area (Å²) >= 11 is 0.